The van der Waals surface area contributed by atoms with Gasteiger partial charge in [0.25, 0.3) is 17.7 Å². The largest absolute Gasteiger partial charge is 0.368 e. The van der Waals surface area contributed by atoms with Crippen molar-refractivity contribution in [1.29, 1.82) is 0 Å². The first-order valence-electron chi connectivity index (χ1n) is 11.2. The third-order valence-electron chi connectivity index (χ3n) is 6.50. The maximum Gasteiger partial charge on any atom is 0.266 e. The SMILES string of the molecule is Cc1ccc(N2C(=O)c3ccc(C(=O)N4CCN(c5cc(Cl)ccc5C)CC4)cc3C2=O)cc1. The molecule has 0 unspecified atom stereocenters. The van der Waals surface area contributed by atoms with E-state index in [2.05, 4.69) is 4.90 Å². The molecule has 3 amide bonds. The molecule has 2 heterocycles. The van der Waals surface area contributed by atoms with Gasteiger partial charge in [-0.25, -0.2) is 4.90 Å². The maximum atomic E-state index is 13.2. The Hall–Kier alpha value is -3.64. The topological polar surface area (TPSA) is 60.9 Å². The summed E-state index contributed by atoms with van der Waals surface area (Å²) in [6.07, 6.45) is 0. The second-order valence-corrected chi connectivity index (χ2v) is 9.19. The van der Waals surface area contributed by atoms with Crippen LogP contribution in [0, 0.1) is 13.8 Å². The van der Waals surface area contributed by atoms with Crippen LogP contribution in [0.25, 0.3) is 0 Å². The van der Waals surface area contributed by atoms with E-state index in [-0.39, 0.29) is 17.4 Å². The molecule has 1 fully saturated rings. The third kappa shape index (κ3) is 3.84. The van der Waals surface area contributed by atoms with Crippen LogP contribution in [-0.2, 0) is 0 Å². The normalized spacial score (nSPS) is 15.7. The van der Waals surface area contributed by atoms with Crippen molar-refractivity contribution in [3.63, 3.8) is 0 Å². The van der Waals surface area contributed by atoms with Gasteiger partial charge in [0.1, 0.15) is 0 Å². The molecule has 6 nitrogen and oxygen atoms in total. The van der Waals surface area contributed by atoms with Crippen LogP contribution in [0.5, 0.6) is 0 Å². The van der Waals surface area contributed by atoms with Crippen molar-refractivity contribution >= 4 is 40.7 Å². The van der Waals surface area contributed by atoms with E-state index >= 15 is 0 Å². The number of piperazine rings is 1. The molecule has 0 radical (unpaired) electrons. The molecule has 2 aliphatic heterocycles. The molecule has 0 aromatic heterocycles. The lowest BCUT2D eigenvalue weighted by Gasteiger charge is -2.37. The van der Waals surface area contributed by atoms with Crippen LogP contribution < -0.4 is 9.80 Å². The molecule has 172 valence electrons. The van der Waals surface area contributed by atoms with E-state index in [1.165, 1.54) is 4.90 Å². The van der Waals surface area contributed by atoms with Gasteiger partial charge in [-0.15, -0.1) is 0 Å². The van der Waals surface area contributed by atoms with Gasteiger partial charge in [0, 0.05) is 42.5 Å². The maximum absolute atomic E-state index is 13.2. The minimum atomic E-state index is -0.403. The quantitative estimate of drug-likeness (QED) is 0.516. The predicted octanol–water partition coefficient (Wildman–Crippen LogP) is 4.72. The highest BCUT2D eigenvalue weighted by Crippen LogP contribution is 2.30. The van der Waals surface area contributed by atoms with Gasteiger partial charge in [0.2, 0.25) is 0 Å². The lowest BCUT2D eigenvalue weighted by atomic mass is 10.0. The molecule has 0 bridgehead atoms. The molecule has 0 N–H and O–H groups in total. The fourth-order valence-corrected chi connectivity index (χ4v) is 4.72. The molecule has 5 rings (SSSR count). The minimum Gasteiger partial charge on any atom is -0.368 e. The number of fused-ring (bicyclic) bond motifs is 1. The zero-order valence-electron chi connectivity index (χ0n) is 19.0. The third-order valence-corrected chi connectivity index (χ3v) is 6.74. The van der Waals surface area contributed by atoms with E-state index in [0.717, 1.165) is 16.8 Å². The first-order valence-corrected chi connectivity index (χ1v) is 11.6. The van der Waals surface area contributed by atoms with Gasteiger partial charge < -0.3 is 9.80 Å². The number of halogens is 1. The van der Waals surface area contributed by atoms with Crippen molar-refractivity contribution in [2.75, 3.05) is 36.0 Å². The van der Waals surface area contributed by atoms with E-state index in [4.69, 9.17) is 11.6 Å². The number of hydrogen-bond donors (Lipinski definition) is 0. The minimum absolute atomic E-state index is 0.140. The highest BCUT2D eigenvalue weighted by molar-refractivity contribution is 6.34. The fraction of sp³-hybridized carbons (Fsp3) is 0.222. The molecule has 34 heavy (non-hydrogen) atoms. The summed E-state index contributed by atoms with van der Waals surface area (Å²) >= 11 is 6.17. The molecule has 3 aromatic carbocycles. The number of carbonyl (C=O) groups is 3. The summed E-state index contributed by atoms with van der Waals surface area (Å²) in [6.45, 7) is 6.49. The number of amides is 3. The Kier molecular flexibility index (Phi) is 5.62. The van der Waals surface area contributed by atoms with Crippen LogP contribution in [0.2, 0.25) is 5.02 Å². The number of imide groups is 1. The lowest BCUT2D eigenvalue weighted by Crippen LogP contribution is -2.49. The van der Waals surface area contributed by atoms with Gasteiger partial charge >= 0.3 is 0 Å². The van der Waals surface area contributed by atoms with Crippen molar-refractivity contribution < 1.29 is 14.4 Å². The van der Waals surface area contributed by atoms with E-state index in [1.807, 2.05) is 44.2 Å². The monoisotopic (exact) mass is 473 g/mol. The first-order chi connectivity index (χ1) is 16.3. The molecule has 0 aliphatic carbocycles. The van der Waals surface area contributed by atoms with Crippen molar-refractivity contribution in [3.8, 4) is 0 Å². The summed E-state index contributed by atoms with van der Waals surface area (Å²) < 4.78 is 0. The molecule has 3 aromatic rings. The molecule has 0 atom stereocenters. The Morgan fingerprint density at radius 1 is 0.794 bits per heavy atom. The summed E-state index contributed by atoms with van der Waals surface area (Å²) in [5.41, 5.74) is 4.79. The zero-order chi connectivity index (χ0) is 24.0. The molecule has 0 spiro atoms. The molecular weight excluding hydrogens is 450 g/mol. The van der Waals surface area contributed by atoms with Crippen LogP contribution in [0.4, 0.5) is 11.4 Å². The van der Waals surface area contributed by atoms with E-state index in [9.17, 15) is 14.4 Å². The molecule has 7 heteroatoms. The van der Waals surface area contributed by atoms with Crippen LogP contribution >= 0.6 is 11.6 Å². The van der Waals surface area contributed by atoms with Gasteiger partial charge in [-0.2, -0.15) is 0 Å². The van der Waals surface area contributed by atoms with Crippen molar-refractivity contribution in [2.45, 2.75) is 13.8 Å². The Bertz CT molecular complexity index is 1310. The van der Waals surface area contributed by atoms with Crippen molar-refractivity contribution in [3.05, 3.63) is 93.5 Å². The molecule has 2 aliphatic rings. The van der Waals surface area contributed by atoms with Gasteiger partial charge in [-0.05, 0) is 61.9 Å². The van der Waals surface area contributed by atoms with Crippen molar-refractivity contribution in [1.82, 2.24) is 4.90 Å². The molecule has 0 saturated carbocycles. The Balaban J connectivity index is 1.32. The highest BCUT2D eigenvalue weighted by Gasteiger charge is 2.37. The second-order valence-electron chi connectivity index (χ2n) is 8.75. The number of carbonyl (C=O) groups excluding carboxylic acids is 3. The highest BCUT2D eigenvalue weighted by atomic mass is 35.5. The summed E-state index contributed by atoms with van der Waals surface area (Å²) in [7, 11) is 0. The van der Waals surface area contributed by atoms with E-state index in [1.54, 1.807) is 35.2 Å². The molecular formula is C27H24ClN3O3. The number of aryl methyl sites for hydroxylation is 2. The second kappa shape index (κ2) is 8.61. The van der Waals surface area contributed by atoms with Gasteiger partial charge in [-0.1, -0.05) is 35.4 Å². The fourth-order valence-electron chi connectivity index (χ4n) is 4.56. The lowest BCUT2D eigenvalue weighted by molar-refractivity contribution is 0.0746. The van der Waals surface area contributed by atoms with Crippen LogP contribution in [-0.4, -0.2) is 48.8 Å². The van der Waals surface area contributed by atoms with Crippen LogP contribution in [0.1, 0.15) is 42.2 Å². The number of anilines is 2. The Labute approximate surface area is 203 Å². The van der Waals surface area contributed by atoms with E-state index in [0.29, 0.717) is 48.0 Å². The van der Waals surface area contributed by atoms with E-state index < -0.39 is 5.91 Å². The van der Waals surface area contributed by atoms with Crippen molar-refractivity contribution in [2.24, 2.45) is 0 Å². The standard InChI is InChI=1S/C27H24ClN3O3/c1-17-3-8-21(9-4-17)31-26(33)22-10-6-19(15-23(22)27(31)34)25(32)30-13-11-29(12-14-30)24-16-20(28)7-5-18(24)2/h3-10,15-16H,11-14H2,1-2H3. The predicted molar refractivity (Wildman–Crippen MR) is 133 cm³/mol. The van der Waals surface area contributed by atoms with Gasteiger partial charge in [0.05, 0.1) is 16.8 Å². The molecule has 1 saturated heterocycles. The van der Waals surface area contributed by atoms with Gasteiger partial charge in [-0.3, -0.25) is 14.4 Å². The summed E-state index contributed by atoms with van der Waals surface area (Å²) in [5, 5.41) is 0.691. The summed E-state index contributed by atoms with van der Waals surface area (Å²) in [4.78, 5) is 44.4. The Morgan fingerprint density at radius 3 is 2.18 bits per heavy atom. The smallest absolute Gasteiger partial charge is 0.266 e. The number of rotatable bonds is 3. The van der Waals surface area contributed by atoms with Crippen LogP contribution in [0.3, 0.4) is 0 Å². The number of hydrogen-bond acceptors (Lipinski definition) is 4. The zero-order valence-corrected chi connectivity index (χ0v) is 19.8. The number of benzene rings is 3. The summed E-state index contributed by atoms with van der Waals surface area (Å²) in [6, 6.07) is 17.8. The van der Waals surface area contributed by atoms with Gasteiger partial charge in [0.15, 0.2) is 0 Å². The average molecular weight is 474 g/mol. The Morgan fingerprint density at radius 2 is 1.47 bits per heavy atom. The first kappa shape index (κ1) is 22.2. The summed E-state index contributed by atoms with van der Waals surface area (Å²) in [5.74, 6) is -0.910. The van der Waals surface area contributed by atoms with Crippen LogP contribution in [0.15, 0.2) is 60.7 Å². The number of nitrogens with zero attached hydrogens (tertiary/aromatic N) is 3. The average Bonchev–Trinajstić information content (AvgIpc) is 3.10.